The van der Waals surface area contributed by atoms with Crippen molar-refractivity contribution < 1.29 is 17.9 Å². The summed E-state index contributed by atoms with van der Waals surface area (Å²) in [5, 5.41) is 3.32. The van der Waals surface area contributed by atoms with Gasteiger partial charge in [-0.15, -0.1) is 0 Å². The molecule has 3 aromatic rings. The zero-order valence-electron chi connectivity index (χ0n) is 19.3. The van der Waals surface area contributed by atoms with Gasteiger partial charge in [-0.2, -0.15) is 0 Å². The number of hydrogen-bond acceptors (Lipinski definition) is 4. The molecule has 0 aliphatic heterocycles. The molecule has 3 rings (SSSR count). The van der Waals surface area contributed by atoms with Crippen molar-refractivity contribution in [3.8, 4) is 11.5 Å². The summed E-state index contributed by atoms with van der Waals surface area (Å²) in [6.07, 6.45) is 1.67. The summed E-state index contributed by atoms with van der Waals surface area (Å²) in [7, 11) is -3.65. The third-order valence-electron chi connectivity index (χ3n) is 5.30. The lowest BCUT2D eigenvalue weighted by Crippen LogP contribution is -2.33. The third kappa shape index (κ3) is 7.50. The Morgan fingerprint density at radius 1 is 1.03 bits per heavy atom. The molecule has 0 bridgehead atoms. The zero-order chi connectivity index (χ0) is 24.6. The van der Waals surface area contributed by atoms with Crippen LogP contribution in [-0.2, 0) is 14.8 Å². The lowest BCUT2D eigenvalue weighted by molar-refractivity contribution is -0.121. The van der Waals surface area contributed by atoms with Crippen molar-refractivity contribution in [1.82, 2.24) is 5.32 Å². The minimum Gasteiger partial charge on any atom is -0.455 e. The SMILES string of the molecule is C[C@H](CNC(=O)CCCN(c1cc(Cl)ccc1Oc1ccccc1)S(C)(=O)=O)c1ccccc1. The van der Waals surface area contributed by atoms with Crippen LogP contribution in [0.5, 0.6) is 11.5 Å². The van der Waals surface area contributed by atoms with Crippen molar-refractivity contribution in [1.29, 1.82) is 0 Å². The predicted octanol–water partition coefficient (Wildman–Crippen LogP) is 5.60. The van der Waals surface area contributed by atoms with Crippen LogP contribution in [0.25, 0.3) is 0 Å². The first-order chi connectivity index (χ1) is 16.2. The topological polar surface area (TPSA) is 75.7 Å². The molecule has 0 aliphatic rings. The van der Waals surface area contributed by atoms with Crippen LogP contribution < -0.4 is 14.4 Å². The maximum Gasteiger partial charge on any atom is 0.232 e. The highest BCUT2D eigenvalue weighted by Crippen LogP contribution is 2.36. The van der Waals surface area contributed by atoms with Gasteiger partial charge in [0.2, 0.25) is 15.9 Å². The fraction of sp³-hybridized carbons (Fsp3) is 0.269. The maximum atomic E-state index is 12.6. The Morgan fingerprint density at radius 2 is 1.68 bits per heavy atom. The van der Waals surface area contributed by atoms with Crippen molar-refractivity contribution in [3.05, 3.63) is 89.4 Å². The number of amides is 1. The summed E-state index contributed by atoms with van der Waals surface area (Å²) < 4.78 is 32.4. The number of para-hydroxylation sites is 1. The highest BCUT2D eigenvalue weighted by Gasteiger charge is 2.22. The summed E-state index contributed by atoms with van der Waals surface area (Å²) in [4.78, 5) is 12.4. The molecular formula is C26H29ClN2O4S. The van der Waals surface area contributed by atoms with E-state index in [-0.39, 0.29) is 24.8 Å². The van der Waals surface area contributed by atoms with Crippen LogP contribution in [0.2, 0.25) is 5.02 Å². The van der Waals surface area contributed by atoms with Crippen molar-refractivity contribution in [2.75, 3.05) is 23.7 Å². The van der Waals surface area contributed by atoms with Gasteiger partial charge in [-0.25, -0.2) is 8.42 Å². The van der Waals surface area contributed by atoms with E-state index in [0.717, 1.165) is 11.8 Å². The summed E-state index contributed by atoms with van der Waals surface area (Å²) in [5.41, 5.74) is 1.48. The predicted molar refractivity (Wildman–Crippen MR) is 137 cm³/mol. The lowest BCUT2D eigenvalue weighted by atomic mass is 10.0. The van der Waals surface area contributed by atoms with Gasteiger partial charge in [-0.3, -0.25) is 9.10 Å². The molecule has 0 spiro atoms. The fourth-order valence-electron chi connectivity index (χ4n) is 3.49. The van der Waals surface area contributed by atoms with Gasteiger partial charge in [-0.1, -0.05) is 67.1 Å². The molecule has 0 aromatic heterocycles. The van der Waals surface area contributed by atoms with Gasteiger partial charge in [0.05, 0.1) is 11.9 Å². The highest BCUT2D eigenvalue weighted by atomic mass is 35.5. The number of ether oxygens (including phenoxy) is 1. The molecule has 180 valence electrons. The van der Waals surface area contributed by atoms with E-state index < -0.39 is 10.0 Å². The smallest absolute Gasteiger partial charge is 0.232 e. The second-order valence-corrected chi connectivity index (χ2v) is 10.4. The van der Waals surface area contributed by atoms with Crippen LogP contribution in [-0.4, -0.2) is 33.7 Å². The molecule has 3 aromatic carbocycles. The molecule has 0 fully saturated rings. The number of carbonyl (C=O) groups is 1. The Kier molecular flexibility index (Phi) is 8.96. The molecule has 0 saturated heterocycles. The van der Waals surface area contributed by atoms with Crippen molar-refractivity contribution in [3.63, 3.8) is 0 Å². The zero-order valence-corrected chi connectivity index (χ0v) is 20.9. The molecule has 0 unspecified atom stereocenters. The van der Waals surface area contributed by atoms with Gasteiger partial charge in [-0.05, 0) is 48.2 Å². The number of benzene rings is 3. The summed E-state index contributed by atoms with van der Waals surface area (Å²) in [6.45, 7) is 2.68. The van der Waals surface area contributed by atoms with Crippen LogP contribution in [0.3, 0.4) is 0 Å². The fourth-order valence-corrected chi connectivity index (χ4v) is 4.62. The quantitative estimate of drug-likeness (QED) is 0.372. The van der Waals surface area contributed by atoms with Gasteiger partial charge in [0.15, 0.2) is 5.75 Å². The number of sulfonamides is 1. The summed E-state index contributed by atoms with van der Waals surface area (Å²) >= 11 is 6.18. The first-order valence-electron chi connectivity index (χ1n) is 11.1. The van der Waals surface area contributed by atoms with E-state index in [9.17, 15) is 13.2 Å². The Morgan fingerprint density at radius 3 is 2.32 bits per heavy atom. The number of halogens is 1. The number of hydrogen-bond donors (Lipinski definition) is 1. The van der Waals surface area contributed by atoms with Gasteiger partial charge in [0.1, 0.15) is 5.75 Å². The average Bonchev–Trinajstić information content (AvgIpc) is 2.82. The number of carbonyl (C=O) groups excluding carboxylic acids is 1. The maximum absolute atomic E-state index is 12.6. The van der Waals surface area contributed by atoms with E-state index in [1.54, 1.807) is 30.3 Å². The van der Waals surface area contributed by atoms with Crippen LogP contribution in [0.15, 0.2) is 78.9 Å². The molecule has 34 heavy (non-hydrogen) atoms. The second-order valence-electron chi connectivity index (χ2n) is 8.08. The van der Waals surface area contributed by atoms with Crippen LogP contribution >= 0.6 is 11.6 Å². The molecule has 1 amide bonds. The minimum absolute atomic E-state index is 0.117. The van der Waals surface area contributed by atoms with E-state index in [1.165, 1.54) is 4.31 Å². The number of nitrogens with zero attached hydrogens (tertiary/aromatic N) is 1. The first-order valence-corrected chi connectivity index (χ1v) is 13.3. The van der Waals surface area contributed by atoms with Crippen molar-refractivity contribution in [2.45, 2.75) is 25.7 Å². The van der Waals surface area contributed by atoms with E-state index >= 15 is 0 Å². The molecule has 0 aliphatic carbocycles. The molecule has 0 saturated carbocycles. The summed E-state index contributed by atoms with van der Waals surface area (Å²) in [6, 6.07) is 23.9. The van der Waals surface area contributed by atoms with Gasteiger partial charge in [0.25, 0.3) is 0 Å². The molecule has 8 heteroatoms. The molecule has 0 heterocycles. The molecular weight excluding hydrogens is 472 g/mol. The largest absolute Gasteiger partial charge is 0.455 e. The average molecular weight is 501 g/mol. The Balaban J connectivity index is 1.64. The third-order valence-corrected chi connectivity index (χ3v) is 6.72. The van der Waals surface area contributed by atoms with E-state index in [2.05, 4.69) is 12.2 Å². The van der Waals surface area contributed by atoms with Crippen LogP contribution in [0.1, 0.15) is 31.2 Å². The molecule has 1 atom stereocenters. The van der Waals surface area contributed by atoms with Gasteiger partial charge >= 0.3 is 0 Å². The normalized spacial score (nSPS) is 12.1. The monoisotopic (exact) mass is 500 g/mol. The van der Waals surface area contributed by atoms with Gasteiger partial charge < -0.3 is 10.1 Å². The summed E-state index contributed by atoms with van der Waals surface area (Å²) in [5.74, 6) is 0.999. The number of rotatable bonds is 11. The van der Waals surface area contributed by atoms with Crippen molar-refractivity contribution in [2.24, 2.45) is 0 Å². The first kappa shape index (κ1) is 25.6. The molecule has 0 radical (unpaired) electrons. The van der Waals surface area contributed by atoms with Crippen LogP contribution in [0.4, 0.5) is 5.69 Å². The standard InChI is InChI=1S/C26H29ClN2O4S/c1-20(21-10-5-3-6-11-21)19-28-26(30)14-9-17-29(34(2,31)32)24-18-22(27)15-16-25(24)33-23-12-7-4-8-13-23/h3-8,10-13,15-16,18,20H,9,14,17,19H2,1-2H3,(H,28,30)/t20-/m1/s1. The number of anilines is 1. The van der Waals surface area contributed by atoms with E-state index in [4.69, 9.17) is 16.3 Å². The second kappa shape index (κ2) is 11.9. The number of nitrogens with one attached hydrogen (secondary N) is 1. The molecule has 1 N–H and O–H groups in total. The van der Waals surface area contributed by atoms with Crippen molar-refractivity contribution >= 4 is 33.2 Å². The van der Waals surface area contributed by atoms with Gasteiger partial charge in [0, 0.05) is 24.5 Å². The van der Waals surface area contributed by atoms with E-state index in [0.29, 0.717) is 35.2 Å². The van der Waals surface area contributed by atoms with E-state index in [1.807, 2.05) is 48.5 Å². The minimum atomic E-state index is -3.65. The Bertz CT molecular complexity index is 1190. The lowest BCUT2D eigenvalue weighted by Gasteiger charge is -2.25. The highest BCUT2D eigenvalue weighted by molar-refractivity contribution is 7.92. The Labute approximate surface area is 206 Å². The van der Waals surface area contributed by atoms with Crippen LogP contribution in [0, 0.1) is 0 Å². The Hall–Kier alpha value is -3.03. The molecule has 6 nitrogen and oxygen atoms in total.